The van der Waals surface area contributed by atoms with Gasteiger partial charge in [-0.3, -0.25) is 0 Å². The van der Waals surface area contributed by atoms with Crippen molar-refractivity contribution in [2.45, 2.75) is 52.5 Å². The summed E-state index contributed by atoms with van der Waals surface area (Å²) in [5.74, 6) is -0.949. The highest BCUT2D eigenvalue weighted by Crippen LogP contribution is 2.34. The summed E-state index contributed by atoms with van der Waals surface area (Å²) in [5.41, 5.74) is 3.77. The third-order valence-electron chi connectivity index (χ3n) is 4.48. The lowest BCUT2D eigenvalue weighted by Gasteiger charge is -2.37. The zero-order chi connectivity index (χ0) is 19.7. The van der Waals surface area contributed by atoms with E-state index in [9.17, 15) is 9.59 Å². The van der Waals surface area contributed by atoms with Crippen LogP contribution in [0.4, 0.5) is 4.79 Å². The van der Waals surface area contributed by atoms with Gasteiger partial charge in [0, 0.05) is 13.1 Å². The zero-order valence-corrected chi connectivity index (χ0v) is 16.3. The predicted molar refractivity (Wildman–Crippen MR) is 106 cm³/mol. The van der Waals surface area contributed by atoms with Crippen LogP contribution in [0.5, 0.6) is 0 Å². The van der Waals surface area contributed by atoms with Crippen molar-refractivity contribution < 1.29 is 14.7 Å². The summed E-state index contributed by atoms with van der Waals surface area (Å²) >= 11 is 0. The number of carbonyl (C=O) groups is 2. The molecule has 142 valence electrons. The fourth-order valence-corrected chi connectivity index (χ4v) is 3.08. The second-order valence-electron chi connectivity index (χ2n) is 6.91. The third kappa shape index (κ3) is 6.75. The molecule has 0 fully saturated rings. The number of carboxylic acid groups (broad SMARTS) is 1. The van der Waals surface area contributed by atoms with Gasteiger partial charge in [0.25, 0.3) is 0 Å². The van der Waals surface area contributed by atoms with E-state index < -0.39 is 5.97 Å². The number of aliphatic carboxylic acids is 1. The smallest absolute Gasteiger partial charge is 0.328 e. The molecule has 0 unspecified atom stereocenters. The van der Waals surface area contributed by atoms with Gasteiger partial charge in [0.2, 0.25) is 0 Å². The molecule has 0 aromatic rings. The van der Waals surface area contributed by atoms with E-state index in [4.69, 9.17) is 5.11 Å². The molecule has 0 aliphatic heterocycles. The van der Waals surface area contributed by atoms with Crippen LogP contribution in [0.3, 0.4) is 0 Å². The van der Waals surface area contributed by atoms with Gasteiger partial charge in [0.15, 0.2) is 0 Å². The van der Waals surface area contributed by atoms with Gasteiger partial charge in [-0.15, -0.1) is 0 Å². The molecule has 1 rings (SSSR count). The second kappa shape index (κ2) is 9.80. The summed E-state index contributed by atoms with van der Waals surface area (Å²) in [7, 11) is 1.62. The molecule has 0 aromatic carbocycles. The maximum atomic E-state index is 11.8. The largest absolute Gasteiger partial charge is 0.478 e. The Morgan fingerprint density at radius 1 is 1.19 bits per heavy atom. The van der Waals surface area contributed by atoms with Gasteiger partial charge in [-0.25, -0.2) is 9.59 Å². The van der Waals surface area contributed by atoms with Crippen LogP contribution in [0.1, 0.15) is 47.0 Å². The predicted octanol–water partition coefficient (Wildman–Crippen LogP) is 4.26. The van der Waals surface area contributed by atoms with Gasteiger partial charge in [0.1, 0.15) is 0 Å². The highest BCUT2D eigenvalue weighted by molar-refractivity contribution is 5.81. The molecule has 5 nitrogen and oxygen atoms in total. The number of amides is 2. The number of rotatable bonds is 6. The van der Waals surface area contributed by atoms with E-state index in [2.05, 4.69) is 30.6 Å². The van der Waals surface area contributed by atoms with Gasteiger partial charge in [0.05, 0.1) is 5.54 Å². The lowest BCUT2D eigenvalue weighted by molar-refractivity contribution is -0.131. The summed E-state index contributed by atoms with van der Waals surface area (Å²) in [5, 5.41) is 14.4. The average Bonchev–Trinajstić information content (AvgIpc) is 2.53. The van der Waals surface area contributed by atoms with Crippen LogP contribution in [-0.4, -0.2) is 29.7 Å². The van der Waals surface area contributed by atoms with Crippen molar-refractivity contribution in [2.75, 3.05) is 7.05 Å². The van der Waals surface area contributed by atoms with Crippen molar-refractivity contribution in [1.29, 1.82) is 0 Å². The van der Waals surface area contributed by atoms with Crippen molar-refractivity contribution in [3.63, 3.8) is 0 Å². The molecular weight excluding hydrogens is 328 g/mol. The minimum atomic E-state index is -0.949. The van der Waals surface area contributed by atoms with Crippen molar-refractivity contribution in [2.24, 2.45) is 0 Å². The van der Waals surface area contributed by atoms with Crippen LogP contribution in [0, 0.1) is 0 Å². The van der Waals surface area contributed by atoms with Crippen LogP contribution < -0.4 is 10.6 Å². The Balaban J connectivity index is 2.94. The van der Waals surface area contributed by atoms with E-state index in [1.54, 1.807) is 20.0 Å². The summed E-state index contributed by atoms with van der Waals surface area (Å²) in [6, 6.07) is -0.177. The monoisotopic (exact) mass is 358 g/mol. The first-order valence-electron chi connectivity index (χ1n) is 8.82. The Bertz CT molecular complexity index is 696. The highest BCUT2D eigenvalue weighted by atomic mass is 16.4. The van der Waals surface area contributed by atoms with Crippen LogP contribution >= 0.6 is 0 Å². The van der Waals surface area contributed by atoms with E-state index in [0.29, 0.717) is 5.57 Å². The Hall–Kier alpha value is -2.56. The van der Waals surface area contributed by atoms with Crippen molar-refractivity contribution in [3.8, 4) is 0 Å². The summed E-state index contributed by atoms with van der Waals surface area (Å²) in [4.78, 5) is 22.4. The second-order valence-corrected chi connectivity index (χ2v) is 6.91. The number of carboxylic acids is 1. The van der Waals surface area contributed by atoms with Crippen LogP contribution in [-0.2, 0) is 4.79 Å². The lowest BCUT2D eigenvalue weighted by Crippen LogP contribution is -2.51. The van der Waals surface area contributed by atoms with Crippen LogP contribution in [0.15, 0.2) is 58.7 Å². The molecule has 2 amide bonds. The average molecular weight is 358 g/mol. The zero-order valence-electron chi connectivity index (χ0n) is 16.3. The number of nitrogens with one attached hydrogen (secondary N) is 2. The summed E-state index contributed by atoms with van der Waals surface area (Å²) in [6.07, 6.45) is 13.8. The van der Waals surface area contributed by atoms with E-state index in [-0.39, 0.29) is 11.6 Å². The molecule has 0 saturated heterocycles. The van der Waals surface area contributed by atoms with E-state index >= 15 is 0 Å². The van der Waals surface area contributed by atoms with Crippen LogP contribution in [0.25, 0.3) is 0 Å². The Morgan fingerprint density at radius 2 is 1.88 bits per heavy atom. The first-order chi connectivity index (χ1) is 12.2. The molecule has 1 aliphatic rings. The molecule has 1 aliphatic carbocycles. The molecule has 1 atom stereocenters. The molecule has 0 aromatic heterocycles. The van der Waals surface area contributed by atoms with Gasteiger partial charge in [-0.1, -0.05) is 41.5 Å². The van der Waals surface area contributed by atoms with Crippen molar-refractivity contribution in [1.82, 2.24) is 10.6 Å². The molecule has 26 heavy (non-hydrogen) atoms. The van der Waals surface area contributed by atoms with E-state index in [1.165, 1.54) is 11.6 Å². The summed E-state index contributed by atoms with van der Waals surface area (Å²) < 4.78 is 0. The first kappa shape index (κ1) is 21.5. The number of allylic oxidation sites excluding steroid dienone is 7. The number of urea groups is 1. The number of carbonyl (C=O) groups excluding carboxylic acids is 1. The Labute approximate surface area is 156 Å². The van der Waals surface area contributed by atoms with Crippen molar-refractivity contribution >= 4 is 12.0 Å². The maximum absolute atomic E-state index is 11.8. The minimum absolute atomic E-state index is 0.177. The van der Waals surface area contributed by atoms with Gasteiger partial charge in [-0.05, 0) is 58.1 Å². The Morgan fingerprint density at radius 3 is 2.50 bits per heavy atom. The lowest BCUT2D eigenvalue weighted by atomic mass is 9.77. The van der Waals surface area contributed by atoms with Gasteiger partial charge >= 0.3 is 12.0 Å². The first-order valence-corrected chi connectivity index (χ1v) is 8.82. The van der Waals surface area contributed by atoms with Crippen LogP contribution in [0.2, 0.25) is 0 Å². The van der Waals surface area contributed by atoms with Gasteiger partial charge in [-0.2, -0.15) is 0 Å². The number of hydrogen-bond acceptors (Lipinski definition) is 2. The SMILES string of the molecule is CNC(=O)N[C@@]1(C)CCCC(C)=C1/C=C/C(C)=C/C=C/C(C)=C/C(=O)O. The van der Waals surface area contributed by atoms with E-state index in [0.717, 1.165) is 30.4 Å². The van der Waals surface area contributed by atoms with Gasteiger partial charge < -0.3 is 15.7 Å². The Kier molecular flexibility index (Phi) is 8.10. The molecule has 0 spiro atoms. The maximum Gasteiger partial charge on any atom is 0.328 e. The molecule has 0 radical (unpaired) electrons. The number of hydrogen-bond donors (Lipinski definition) is 3. The molecule has 0 heterocycles. The third-order valence-corrected chi connectivity index (χ3v) is 4.48. The fourth-order valence-electron chi connectivity index (χ4n) is 3.08. The van der Waals surface area contributed by atoms with E-state index in [1.807, 2.05) is 25.2 Å². The summed E-state index contributed by atoms with van der Waals surface area (Å²) in [6.45, 7) is 7.90. The topological polar surface area (TPSA) is 78.4 Å². The normalized spacial score (nSPS) is 22.2. The van der Waals surface area contributed by atoms with Crippen molar-refractivity contribution in [3.05, 3.63) is 58.7 Å². The minimum Gasteiger partial charge on any atom is -0.478 e. The highest BCUT2D eigenvalue weighted by Gasteiger charge is 2.32. The molecular formula is C21H30N2O3. The quantitative estimate of drug-likeness (QED) is 0.490. The molecule has 0 saturated carbocycles. The standard InChI is InChI=1S/C21H30N2O3/c1-15(8-6-9-16(2)14-19(24)25)11-12-18-17(3)10-7-13-21(18,4)23-20(26)22-5/h6,8-9,11-12,14H,7,10,13H2,1-5H3,(H,24,25)(H2,22,23,26)/b9-6+,12-11+,15-8+,16-14+/t21-/m0/s1. The molecule has 3 N–H and O–H groups in total. The molecule has 5 heteroatoms. The fraction of sp³-hybridized carbons (Fsp3) is 0.429. The molecule has 0 bridgehead atoms.